The molecule has 0 radical (unpaired) electrons. The van der Waals surface area contributed by atoms with Gasteiger partial charge in [-0.15, -0.1) is 0 Å². The SMILES string of the molecule is CCCC(CCC)C(=O)[O-].CCCC[N+](C)(CCCC)CCCC. The van der Waals surface area contributed by atoms with Crippen molar-refractivity contribution in [3.8, 4) is 0 Å². The molecule has 24 heavy (non-hydrogen) atoms. The highest BCUT2D eigenvalue weighted by molar-refractivity contribution is 5.67. The van der Waals surface area contributed by atoms with E-state index in [0.29, 0.717) is 0 Å². The molecule has 0 aliphatic rings. The van der Waals surface area contributed by atoms with Crippen LogP contribution < -0.4 is 5.11 Å². The second kappa shape index (κ2) is 17.3. The van der Waals surface area contributed by atoms with Crippen molar-refractivity contribution in [2.75, 3.05) is 26.7 Å². The molecule has 0 heterocycles. The number of hydrogen-bond acceptors (Lipinski definition) is 2. The summed E-state index contributed by atoms with van der Waals surface area (Å²) in [6.45, 7) is 15.0. The minimum Gasteiger partial charge on any atom is -0.550 e. The van der Waals surface area contributed by atoms with E-state index in [0.717, 1.165) is 25.7 Å². The molecule has 0 aromatic rings. The molecule has 0 amide bonds. The molecule has 0 aliphatic heterocycles. The van der Waals surface area contributed by atoms with Gasteiger partial charge in [0.2, 0.25) is 0 Å². The van der Waals surface area contributed by atoms with E-state index in [2.05, 4.69) is 27.8 Å². The van der Waals surface area contributed by atoms with E-state index in [-0.39, 0.29) is 5.92 Å². The molecule has 3 heteroatoms. The Morgan fingerprint density at radius 2 is 1.08 bits per heavy atom. The van der Waals surface area contributed by atoms with Gasteiger partial charge in [-0.3, -0.25) is 0 Å². The predicted molar refractivity (Wildman–Crippen MR) is 104 cm³/mol. The second-order valence-electron chi connectivity index (χ2n) is 7.44. The maximum absolute atomic E-state index is 10.4. The minimum atomic E-state index is -0.885. The van der Waals surface area contributed by atoms with Crippen LogP contribution in [0.2, 0.25) is 0 Å². The Bertz CT molecular complexity index is 251. The summed E-state index contributed by atoms with van der Waals surface area (Å²) in [7, 11) is 2.45. The van der Waals surface area contributed by atoms with Crippen LogP contribution in [0.5, 0.6) is 0 Å². The first-order chi connectivity index (χ1) is 11.4. The summed E-state index contributed by atoms with van der Waals surface area (Å²) < 4.78 is 1.32. The lowest BCUT2D eigenvalue weighted by Gasteiger charge is -2.34. The third-order valence-corrected chi connectivity index (χ3v) is 4.76. The highest BCUT2D eigenvalue weighted by Gasteiger charge is 2.18. The van der Waals surface area contributed by atoms with Gasteiger partial charge in [0.25, 0.3) is 0 Å². The molecule has 0 aromatic carbocycles. The van der Waals surface area contributed by atoms with Gasteiger partial charge in [-0.2, -0.15) is 0 Å². The van der Waals surface area contributed by atoms with Gasteiger partial charge < -0.3 is 14.4 Å². The van der Waals surface area contributed by atoms with Crippen molar-refractivity contribution < 1.29 is 14.4 Å². The third-order valence-electron chi connectivity index (χ3n) is 4.76. The van der Waals surface area contributed by atoms with Crippen molar-refractivity contribution in [2.45, 2.75) is 98.8 Å². The van der Waals surface area contributed by atoms with Crippen LogP contribution in [0.3, 0.4) is 0 Å². The molecule has 0 saturated heterocycles. The van der Waals surface area contributed by atoms with Crippen molar-refractivity contribution in [3.63, 3.8) is 0 Å². The van der Waals surface area contributed by atoms with Crippen molar-refractivity contribution in [2.24, 2.45) is 5.92 Å². The molecule has 0 fully saturated rings. The van der Waals surface area contributed by atoms with E-state index in [1.807, 2.05) is 13.8 Å². The van der Waals surface area contributed by atoms with Crippen LogP contribution in [0.1, 0.15) is 98.8 Å². The van der Waals surface area contributed by atoms with Crippen molar-refractivity contribution in [3.05, 3.63) is 0 Å². The topological polar surface area (TPSA) is 40.1 Å². The first-order valence-corrected chi connectivity index (χ1v) is 10.4. The number of hydrogen-bond donors (Lipinski definition) is 0. The lowest BCUT2D eigenvalue weighted by Crippen LogP contribution is -2.46. The molecule has 0 rings (SSSR count). The van der Waals surface area contributed by atoms with Crippen LogP contribution in [-0.2, 0) is 4.79 Å². The molecule has 3 nitrogen and oxygen atoms in total. The summed E-state index contributed by atoms with van der Waals surface area (Å²) in [6, 6.07) is 0. The van der Waals surface area contributed by atoms with Crippen LogP contribution in [0.4, 0.5) is 0 Å². The van der Waals surface area contributed by atoms with Gasteiger partial charge in [0.1, 0.15) is 0 Å². The summed E-state index contributed by atoms with van der Waals surface area (Å²) in [5.41, 5.74) is 0. The molecule has 0 bridgehead atoms. The number of rotatable bonds is 14. The number of quaternary nitrogens is 1. The van der Waals surface area contributed by atoms with Crippen molar-refractivity contribution >= 4 is 5.97 Å². The minimum absolute atomic E-state index is 0.213. The van der Waals surface area contributed by atoms with Gasteiger partial charge in [-0.05, 0) is 38.0 Å². The molecule has 0 unspecified atom stereocenters. The summed E-state index contributed by atoms with van der Waals surface area (Å²) in [5.74, 6) is -1.10. The maximum Gasteiger partial charge on any atom is 0.0784 e. The van der Waals surface area contributed by atoms with Gasteiger partial charge in [0, 0.05) is 5.97 Å². The highest BCUT2D eigenvalue weighted by Crippen LogP contribution is 2.12. The molecule has 0 aliphatic carbocycles. The Morgan fingerprint density at radius 1 is 0.750 bits per heavy atom. The molecular formula is C21H45NO2. The van der Waals surface area contributed by atoms with E-state index in [9.17, 15) is 9.90 Å². The molecule has 0 spiro atoms. The van der Waals surface area contributed by atoms with Crippen LogP contribution in [0.15, 0.2) is 0 Å². The molecule has 0 aromatic heterocycles. The predicted octanol–water partition coefficient (Wildman–Crippen LogP) is 4.79. The van der Waals surface area contributed by atoms with Crippen LogP contribution in [0, 0.1) is 5.92 Å². The number of carboxylic acids is 1. The quantitative estimate of drug-likeness (QED) is 0.426. The Labute approximate surface area is 152 Å². The van der Waals surface area contributed by atoms with Gasteiger partial charge in [-0.1, -0.05) is 66.7 Å². The van der Waals surface area contributed by atoms with Crippen LogP contribution in [-0.4, -0.2) is 37.1 Å². The Hall–Kier alpha value is -0.570. The fourth-order valence-corrected chi connectivity index (χ4v) is 3.03. The van der Waals surface area contributed by atoms with E-state index in [1.54, 1.807) is 0 Å². The van der Waals surface area contributed by atoms with Gasteiger partial charge in [0.05, 0.1) is 26.7 Å². The summed E-state index contributed by atoms with van der Waals surface area (Å²) >= 11 is 0. The zero-order valence-corrected chi connectivity index (χ0v) is 17.5. The number of carbonyl (C=O) groups is 1. The standard InChI is InChI=1S/C13H30N.C8H16O2/c1-5-8-11-14(4,12-9-6-2)13-10-7-3;1-3-5-7(6-4-2)8(9)10/h5-13H2,1-4H3;7H,3-6H2,1-2H3,(H,9,10)/q+1;/p-1. The normalized spacial score (nSPS) is 11.3. The smallest absolute Gasteiger partial charge is 0.0784 e. The van der Waals surface area contributed by atoms with Crippen molar-refractivity contribution in [1.29, 1.82) is 0 Å². The molecule has 146 valence electrons. The number of carboxylic acid groups (broad SMARTS) is 1. The number of nitrogens with zero attached hydrogens (tertiary/aromatic N) is 1. The number of carbonyl (C=O) groups excluding carboxylic acids is 1. The number of aliphatic carboxylic acids is 1. The summed E-state index contributed by atoms with van der Waals surface area (Å²) in [5, 5.41) is 10.4. The van der Waals surface area contributed by atoms with Crippen LogP contribution >= 0.6 is 0 Å². The Balaban J connectivity index is 0. The molecule has 0 atom stereocenters. The van der Waals surface area contributed by atoms with Crippen molar-refractivity contribution in [1.82, 2.24) is 0 Å². The monoisotopic (exact) mass is 343 g/mol. The van der Waals surface area contributed by atoms with Gasteiger partial charge >= 0.3 is 0 Å². The fraction of sp³-hybridized carbons (Fsp3) is 0.952. The molecular weight excluding hydrogens is 298 g/mol. The third kappa shape index (κ3) is 15.0. The Morgan fingerprint density at radius 3 is 1.29 bits per heavy atom. The molecule has 0 saturated carbocycles. The van der Waals surface area contributed by atoms with E-state index in [1.165, 1.54) is 62.6 Å². The Kier molecular flexibility index (Phi) is 18.5. The van der Waals surface area contributed by atoms with E-state index < -0.39 is 5.97 Å². The average molecular weight is 344 g/mol. The maximum atomic E-state index is 10.4. The second-order valence-corrected chi connectivity index (χ2v) is 7.44. The summed E-state index contributed by atoms with van der Waals surface area (Å²) in [4.78, 5) is 10.4. The largest absolute Gasteiger partial charge is 0.550 e. The lowest BCUT2D eigenvalue weighted by molar-refractivity contribution is -0.910. The zero-order valence-electron chi connectivity index (χ0n) is 17.5. The van der Waals surface area contributed by atoms with Gasteiger partial charge in [0.15, 0.2) is 0 Å². The first-order valence-electron chi connectivity index (χ1n) is 10.4. The van der Waals surface area contributed by atoms with Crippen LogP contribution in [0.25, 0.3) is 0 Å². The first kappa shape index (κ1) is 25.7. The van der Waals surface area contributed by atoms with E-state index in [4.69, 9.17) is 0 Å². The fourth-order valence-electron chi connectivity index (χ4n) is 3.03. The summed E-state index contributed by atoms with van der Waals surface area (Å²) in [6.07, 6.45) is 11.6. The van der Waals surface area contributed by atoms with E-state index >= 15 is 0 Å². The molecule has 0 N–H and O–H groups in total. The lowest BCUT2D eigenvalue weighted by atomic mass is 9.99. The zero-order chi connectivity index (χ0) is 18.8. The highest BCUT2D eigenvalue weighted by atomic mass is 16.4. The number of unbranched alkanes of at least 4 members (excludes halogenated alkanes) is 3. The van der Waals surface area contributed by atoms with Gasteiger partial charge in [-0.25, -0.2) is 0 Å². The average Bonchev–Trinajstić information content (AvgIpc) is 2.57.